The molecule has 4 N–H and O–H groups in total. The van der Waals surface area contributed by atoms with Gasteiger partial charge in [-0.25, -0.2) is 0 Å². The highest BCUT2D eigenvalue weighted by atomic mass is 16.3. The smallest absolute Gasteiger partial charge is 0.222 e. The van der Waals surface area contributed by atoms with Gasteiger partial charge in [-0.3, -0.25) is 4.79 Å². The topological polar surface area (TPSA) is 75.3 Å². The second kappa shape index (κ2) is 4.58. The molecule has 1 aliphatic carbocycles. The lowest BCUT2D eigenvalue weighted by Crippen LogP contribution is -2.59. The van der Waals surface area contributed by atoms with E-state index in [0.717, 1.165) is 25.7 Å². The van der Waals surface area contributed by atoms with E-state index in [1.165, 1.54) is 0 Å². The van der Waals surface area contributed by atoms with Crippen molar-refractivity contribution in [3.63, 3.8) is 0 Å². The number of hydrogen-bond acceptors (Lipinski definition) is 3. The molecule has 1 amide bonds. The Bertz CT molecular complexity index is 286. The van der Waals surface area contributed by atoms with Gasteiger partial charge in [-0.15, -0.1) is 0 Å². The molecule has 100 valence electrons. The standard InChI is InChI=1S/C13H26N2O2/c1-11(2,12(3,4)17)15-10(16)9-13(14)7-5-6-8-13/h17H,5-9,14H2,1-4H3,(H,15,16). The molecular weight excluding hydrogens is 216 g/mol. The van der Waals surface area contributed by atoms with E-state index in [4.69, 9.17) is 5.73 Å². The summed E-state index contributed by atoms with van der Waals surface area (Å²) < 4.78 is 0. The number of carbonyl (C=O) groups excluding carboxylic acids is 1. The summed E-state index contributed by atoms with van der Waals surface area (Å²) in [5.41, 5.74) is 4.22. The van der Waals surface area contributed by atoms with Gasteiger partial charge in [0.2, 0.25) is 5.91 Å². The molecule has 0 aromatic carbocycles. The Hall–Kier alpha value is -0.610. The van der Waals surface area contributed by atoms with E-state index in [-0.39, 0.29) is 11.4 Å². The first-order valence-electron chi connectivity index (χ1n) is 6.38. The lowest BCUT2D eigenvalue weighted by atomic mass is 9.85. The third-order valence-corrected chi connectivity index (χ3v) is 4.09. The average Bonchev–Trinajstić information content (AvgIpc) is 2.47. The fourth-order valence-corrected chi connectivity index (χ4v) is 2.12. The Morgan fingerprint density at radius 2 is 1.76 bits per heavy atom. The maximum absolute atomic E-state index is 12.0. The van der Waals surface area contributed by atoms with Gasteiger partial charge in [0, 0.05) is 12.0 Å². The second-order valence-electron chi connectivity index (χ2n) is 6.48. The Balaban J connectivity index is 2.55. The minimum absolute atomic E-state index is 0.0680. The van der Waals surface area contributed by atoms with E-state index in [0.29, 0.717) is 6.42 Å². The molecule has 4 nitrogen and oxygen atoms in total. The zero-order chi connectivity index (χ0) is 13.3. The minimum atomic E-state index is -0.958. The van der Waals surface area contributed by atoms with Crippen LogP contribution in [0.25, 0.3) is 0 Å². The summed E-state index contributed by atoms with van der Waals surface area (Å²) in [7, 11) is 0. The fraction of sp³-hybridized carbons (Fsp3) is 0.923. The highest BCUT2D eigenvalue weighted by Crippen LogP contribution is 2.30. The van der Waals surface area contributed by atoms with Crippen LogP contribution in [-0.2, 0) is 4.79 Å². The molecule has 0 saturated heterocycles. The third kappa shape index (κ3) is 3.68. The molecule has 0 aromatic rings. The van der Waals surface area contributed by atoms with Crippen LogP contribution in [0.1, 0.15) is 59.8 Å². The third-order valence-electron chi connectivity index (χ3n) is 4.09. The zero-order valence-corrected chi connectivity index (χ0v) is 11.5. The van der Waals surface area contributed by atoms with Crippen molar-refractivity contribution in [1.29, 1.82) is 0 Å². The number of carbonyl (C=O) groups is 1. The Labute approximate surface area is 104 Å². The molecule has 0 spiro atoms. The van der Waals surface area contributed by atoms with Crippen LogP contribution >= 0.6 is 0 Å². The monoisotopic (exact) mass is 242 g/mol. The molecule has 0 aliphatic heterocycles. The first kappa shape index (κ1) is 14.5. The van der Waals surface area contributed by atoms with Crippen LogP contribution in [0, 0.1) is 0 Å². The predicted molar refractivity (Wildman–Crippen MR) is 68.5 cm³/mol. The normalized spacial score (nSPS) is 20.4. The van der Waals surface area contributed by atoms with Gasteiger partial charge < -0.3 is 16.2 Å². The maximum atomic E-state index is 12.0. The van der Waals surface area contributed by atoms with Gasteiger partial charge in [0.05, 0.1) is 11.1 Å². The molecule has 0 aromatic heterocycles. The molecule has 1 fully saturated rings. The fourth-order valence-electron chi connectivity index (χ4n) is 2.12. The molecule has 0 unspecified atom stereocenters. The van der Waals surface area contributed by atoms with Crippen molar-refractivity contribution in [2.75, 3.05) is 0 Å². The molecule has 0 bridgehead atoms. The molecule has 1 saturated carbocycles. The quantitative estimate of drug-likeness (QED) is 0.696. The summed E-state index contributed by atoms with van der Waals surface area (Å²) in [5, 5.41) is 12.9. The van der Waals surface area contributed by atoms with Gasteiger partial charge in [0.15, 0.2) is 0 Å². The number of aliphatic hydroxyl groups is 1. The Kier molecular flexibility index (Phi) is 3.89. The second-order valence-corrected chi connectivity index (χ2v) is 6.48. The van der Waals surface area contributed by atoms with E-state index < -0.39 is 11.1 Å². The summed E-state index contributed by atoms with van der Waals surface area (Å²) in [6, 6.07) is 0. The van der Waals surface area contributed by atoms with Gasteiger partial charge in [0.1, 0.15) is 0 Å². The van der Waals surface area contributed by atoms with Gasteiger partial charge in [0.25, 0.3) is 0 Å². The molecule has 4 heteroatoms. The van der Waals surface area contributed by atoms with Gasteiger partial charge >= 0.3 is 0 Å². The van der Waals surface area contributed by atoms with Crippen LogP contribution in [0.2, 0.25) is 0 Å². The van der Waals surface area contributed by atoms with E-state index >= 15 is 0 Å². The van der Waals surface area contributed by atoms with Gasteiger partial charge in [-0.1, -0.05) is 12.8 Å². The van der Waals surface area contributed by atoms with Crippen molar-refractivity contribution in [2.45, 2.75) is 76.5 Å². The first-order chi connectivity index (χ1) is 7.56. The summed E-state index contributed by atoms with van der Waals surface area (Å²) in [4.78, 5) is 12.0. The largest absolute Gasteiger partial charge is 0.388 e. The Morgan fingerprint density at radius 3 is 2.18 bits per heavy atom. The number of nitrogens with one attached hydrogen (secondary N) is 1. The molecular formula is C13H26N2O2. The van der Waals surface area contributed by atoms with Crippen molar-refractivity contribution < 1.29 is 9.90 Å². The van der Waals surface area contributed by atoms with Crippen molar-refractivity contribution in [3.8, 4) is 0 Å². The van der Waals surface area contributed by atoms with Crippen LogP contribution in [0.5, 0.6) is 0 Å². The average molecular weight is 242 g/mol. The van der Waals surface area contributed by atoms with Crippen molar-refractivity contribution in [3.05, 3.63) is 0 Å². The summed E-state index contributed by atoms with van der Waals surface area (Å²) in [5.74, 6) is -0.0680. The van der Waals surface area contributed by atoms with Crippen molar-refractivity contribution in [1.82, 2.24) is 5.32 Å². The predicted octanol–water partition coefficient (Wildman–Crippen LogP) is 1.31. The summed E-state index contributed by atoms with van der Waals surface area (Å²) in [6.45, 7) is 7.04. The van der Waals surface area contributed by atoms with Crippen molar-refractivity contribution >= 4 is 5.91 Å². The number of hydrogen-bond donors (Lipinski definition) is 3. The minimum Gasteiger partial charge on any atom is -0.388 e. The molecule has 1 rings (SSSR count). The first-order valence-corrected chi connectivity index (χ1v) is 6.38. The lowest BCUT2D eigenvalue weighted by Gasteiger charge is -2.38. The van der Waals surface area contributed by atoms with Gasteiger partial charge in [-0.2, -0.15) is 0 Å². The summed E-state index contributed by atoms with van der Waals surface area (Å²) in [6.07, 6.45) is 4.41. The number of rotatable bonds is 4. The molecule has 0 radical (unpaired) electrons. The highest BCUT2D eigenvalue weighted by Gasteiger charge is 2.38. The SMILES string of the molecule is CC(C)(O)C(C)(C)NC(=O)CC1(N)CCCC1. The molecule has 1 aliphatic rings. The Morgan fingerprint density at radius 1 is 1.29 bits per heavy atom. The van der Waals surface area contributed by atoms with E-state index in [9.17, 15) is 9.90 Å². The van der Waals surface area contributed by atoms with Crippen LogP contribution in [0.3, 0.4) is 0 Å². The van der Waals surface area contributed by atoms with E-state index in [1.54, 1.807) is 13.8 Å². The maximum Gasteiger partial charge on any atom is 0.222 e. The zero-order valence-electron chi connectivity index (χ0n) is 11.5. The number of nitrogens with two attached hydrogens (primary N) is 1. The lowest BCUT2D eigenvalue weighted by molar-refractivity contribution is -0.127. The van der Waals surface area contributed by atoms with Crippen molar-refractivity contribution in [2.24, 2.45) is 5.73 Å². The van der Waals surface area contributed by atoms with Gasteiger partial charge in [-0.05, 0) is 40.5 Å². The summed E-state index contributed by atoms with van der Waals surface area (Å²) >= 11 is 0. The molecule has 0 atom stereocenters. The van der Waals surface area contributed by atoms with E-state index in [1.807, 2.05) is 13.8 Å². The molecule has 0 heterocycles. The number of amides is 1. The van der Waals surface area contributed by atoms with Crippen LogP contribution in [0.4, 0.5) is 0 Å². The van der Waals surface area contributed by atoms with E-state index in [2.05, 4.69) is 5.32 Å². The van der Waals surface area contributed by atoms with Crippen LogP contribution in [0.15, 0.2) is 0 Å². The molecule has 17 heavy (non-hydrogen) atoms. The van der Waals surface area contributed by atoms with Crippen LogP contribution in [-0.4, -0.2) is 27.7 Å². The van der Waals surface area contributed by atoms with Crippen LogP contribution < -0.4 is 11.1 Å². The highest BCUT2D eigenvalue weighted by molar-refractivity contribution is 5.78.